The van der Waals surface area contributed by atoms with Crippen LogP contribution in [0.25, 0.3) is 0 Å². The molecule has 0 radical (unpaired) electrons. The lowest BCUT2D eigenvalue weighted by Crippen LogP contribution is -2.24. The monoisotopic (exact) mass is 450 g/mol. The number of nitrogens with zero attached hydrogens (tertiary/aromatic N) is 2. The van der Waals surface area contributed by atoms with Crippen LogP contribution >= 0.6 is 0 Å². The van der Waals surface area contributed by atoms with Crippen LogP contribution in [0.4, 0.5) is 26.3 Å². The smallest absolute Gasteiger partial charge is 0.437 e. The lowest BCUT2D eigenvalue weighted by Gasteiger charge is -2.16. The van der Waals surface area contributed by atoms with Gasteiger partial charge in [-0.05, 0) is 55.5 Å². The predicted octanol–water partition coefficient (Wildman–Crippen LogP) is 5.01. The van der Waals surface area contributed by atoms with Crippen molar-refractivity contribution in [3.8, 4) is 11.5 Å². The van der Waals surface area contributed by atoms with Crippen molar-refractivity contribution >= 4 is 11.4 Å². The fourth-order valence-electron chi connectivity index (χ4n) is 2.44. The number of oxime groups is 2. The molecule has 0 fully saturated rings. The van der Waals surface area contributed by atoms with E-state index in [2.05, 4.69) is 10.3 Å². The molecular formula is C19H16F6N2O4. The average molecular weight is 450 g/mol. The second-order valence-electron chi connectivity index (χ2n) is 6.18. The van der Waals surface area contributed by atoms with Crippen LogP contribution in [0.1, 0.15) is 18.1 Å². The van der Waals surface area contributed by atoms with Gasteiger partial charge < -0.3 is 19.9 Å². The normalized spacial score (nSPS) is 14.3. The molecule has 1 atom stereocenters. The molecule has 2 rings (SSSR count). The maximum absolute atomic E-state index is 12.7. The minimum atomic E-state index is -4.82. The first-order valence-electron chi connectivity index (χ1n) is 8.54. The van der Waals surface area contributed by atoms with Gasteiger partial charge in [0.15, 0.2) is 11.4 Å². The molecular weight excluding hydrogens is 434 g/mol. The minimum absolute atomic E-state index is 0.0206. The highest BCUT2D eigenvalue weighted by Gasteiger charge is 2.38. The van der Waals surface area contributed by atoms with Gasteiger partial charge in [-0.15, -0.1) is 0 Å². The first-order chi connectivity index (χ1) is 14.5. The molecule has 12 heteroatoms. The lowest BCUT2D eigenvalue weighted by atomic mass is 10.1. The van der Waals surface area contributed by atoms with Crippen LogP contribution in [0, 0.1) is 0 Å². The van der Waals surface area contributed by atoms with Gasteiger partial charge >= 0.3 is 12.4 Å². The second-order valence-corrected chi connectivity index (χ2v) is 6.18. The summed E-state index contributed by atoms with van der Waals surface area (Å²) in [5, 5.41) is 21.6. The Kier molecular flexibility index (Phi) is 7.37. The van der Waals surface area contributed by atoms with Gasteiger partial charge in [0.05, 0.1) is 0 Å². The third-order valence-corrected chi connectivity index (χ3v) is 3.81. The molecule has 168 valence electrons. The number of ether oxygens (including phenoxy) is 2. The van der Waals surface area contributed by atoms with E-state index in [1.165, 1.54) is 24.3 Å². The molecule has 6 nitrogen and oxygen atoms in total. The van der Waals surface area contributed by atoms with E-state index in [9.17, 15) is 26.3 Å². The van der Waals surface area contributed by atoms with Crippen LogP contribution in [-0.4, -0.2) is 46.9 Å². The second kappa shape index (κ2) is 9.58. The molecule has 0 aliphatic rings. The van der Waals surface area contributed by atoms with Gasteiger partial charge in [0, 0.05) is 11.1 Å². The van der Waals surface area contributed by atoms with E-state index in [0.29, 0.717) is 0 Å². The zero-order chi connectivity index (χ0) is 23.2. The van der Waals surface area contributed by atoms with E-state index < -0.39 is 29.9 Å². The largest absolute Gasteiger partial charge is 0.490 e. The minimum Gasteiger partial charge on any atom is -0.490 e. The molecule has 0 aliphatic heterocycles. The molecule has 0 spiro atoms. The van der Waals surface area contributed by atoms with Gasteiger partial charge in [0.2, 0.25) is 0 Å². The van der Waals surface area contributed by atoms with Crippen molar-refractivity contribution in [1.82, 2.24) is 0 Å². The number of rotatable bonds is 7. The van der Waals surface area contributed by atoms with Crippen molar-refractivity contribution < 1.29 is 46.2 Å². The van der Waals surface area contributed by atoms with Crippen molar-refractivity contribution in [1.29, 1.82) is 0 Å². The molecule has 0 aromatic heterocycles. The summed E-state index contributed by atoms with van der Waals surface area (Å²) in [6.07, 6.45) is -10.2. The summed E-state index contributed by atoms with van der Waals surface area (Å²) in [4.78, 5) is 0. The standard InChI is InChI=1S/C19H16F6N2O4/c1-11(31-15-8-4-13(5-9-15)17(27-29)19(23,24)25)10-30-14-6-2-12(3-7-14)16(26-28)18(20,21)22/h2-9,11,28-29H,10H2,1H3/b26-16-,27-17-/t11-/m1/s1. The average Bonchev–Trinajstić information content (AvgIpc) is 2.67. The van der Waals surface area contributed by atoms with Gasteiger partial charge in [0.1, 0.15) is 24.2 Å². The Balaban J connectivity index is 1.94. The highest BCUT2D eigenvalue weighted by molar-refractivity contribution is 6.04. The zero-order valence-electron chi connectivity index (χ0n) is 15.8. The summed E-state index contributed by atoms with van der Waals surface area (Å²) in [6.45, 7) is 1.59. The van der Waals surface area contributed by atoms with Crippen molar-refractivity contribution in [3.05, 3.63) is 59.7 Å². The van der Waals surface area contributed by atoms with Crippen LogP contribution in [0.5, 0.6) is 11.5 Å². The van der Waals surface area contributed by atoms with Crippen LogP contribution in [0.15, 0.2) is 58.8 Å². The summed E-state index contributed by atoms with van der Waals surface area (Å²) in [7, 11) is 0. The molecule has 0 amide bonds. The van der Waals surface area contributed by atoms with Crippen molar-refractivity contribution in [2.45, 2.75) is 25.4 Å². The Bertz CT molecular complexity index is 922. The fourth-order valence-corrected chi connectivity index (χ4v) is 2.44. The van der Waals surface area contributed by atoms with Gasteiger partial charge in [-0.3, -0.25) is 0 Å². The van der Waals surface area contributed by atoms with Crippen molar-refractivity contribution in [2.24, 2.45) is 10.3 Å². The van der Waals surface area contributed by atoms with E-state index in [0.717, 1.165) is 24.3 Å². The molecule has 2 aromatic carbocycles. The highest BCUT2D eigenvalue weighted by atomic mass is 19.4. The summed E-state index contributed by atoms with van der Waals surface area (Å²) in [5.41, 5.74) is -3.59. The predicted molar refractivity (Wildman–Crippen MR) is 97.2 cm³/mol. The van der Waals surface area contributed by atoms with E-state index >= 15 is 0 Å². The molecule has 0 aliphatic carbocycles. The topological polar surface area (TPSA) is 83.6 Å². The Hall–Kier alpha value is -3.44. The Labute approximate surface area is 172 Å². The number of hydrogen-bond acceptors (Lipinski definition) is 6. The Morgan fingerprint density at radius 3 is 1.52 bits per heavy atom. The summed E-state index contributed by atoms with van der Waals surface area (Å²) < 4.78 is 87.2. The van der Waals surface area contributed by atoms with E-state index in [-0.39, 0.29) is 29.2 Å². The van der Waals surface area contributed by atoms with Crippen LogP contribution in [-0.2, 0) is 0 Å². The maximum Gasteiger partial charge on any atom is 0.437 e. The number of benzene rings is 2. The molecule has 0 bridgehead atoms. The third-order valence-electron chi connectivity index (χ3n) is 3.81. The molecule has 31 heavy (non-hydrogen) atoms. The quantitative estimate of drug-likeness (QED) is 0.269. The van der Waals surface area contributed by atoms with Gasteiger partial charge in [-0.25, -0.2) is 0 Å². The van der Waals surface area contributed by atoms with Crippen LogP contribution < -0.4 is 9.47 Å². The number of hydrogen-bond donors (Lipinski definition) is 2. The fraction of sp³-hybridized carbons (Fsp3) is 0.263. The lowest BCUT2D eigenvalue weighted by molar-refractivity contribution is -0.0610. The molecule has 2 N–H and O–H groups in total. The van der Waals surface area contributed by atoms with Crippen LogP contribution in [0.3, 0.4) is 0 Å². The van der Waals surface area contributed by atoms with Crippen molar-refractivity contribution in [3.63, 3.8) is 0 Å². The Morgan fingerprint density at radius 2 is 1.16 bits per heavy atom. The Morgan fingerprint density at radius 1 is 0.774 bits per heavy atom. The molecule has 0 unspecified atom stereocenters. The summed E-state index contributed by atoms with van der Waals surface area (Å²) >= 11 is 0. The first kappa shape index (κ1) is 23.8. The third kappa shape index (κ3) is 6.52. The maximum atomic E-state index is 12.7. The van der Waals surface area contributed by atoms with Gasteiger partial charge in [-0.2, -0.15) is 26.3 Å². The first-order valence-corrected chi connectivity index (χ1v) is 8.54. The molecule has 0 saturated carbocycles. The number of halogens is 6. The summed E-state index contributed by atoms with van der Waals surface area (Å²) in [6, 6.07) is 9.30. The molecule has 0 saturated heterocycles. The van der Waals surface area contributed by atoms with Crippen molar-refractivity contribution in [2.75, 3.05) is 6.61 Å². The summed E-state index contributed by atoms with van der Waals surface area (Å²) in [5.74, 6) is 0.451. The molecule has 2 aromatic rings. The van der Waals surface area contributed by atoms with Gasteiger partial charge in [0.25, 0.3) is 0 Å². The molecule has 0 heterocycles. The number of alkyl halides is 6. The highest BCUT2D eigenvalue weighted by Crippen LogP contribution is 2.25. The SMILES string of the molecule is C[C@H](COc1ccc(/C(=N/O)C(F)(F)F)cc1)Oc1ccc(/C(=N/O)C(F)(F)F)cc1. The van der Waals surface area contributed by atoms with E-state index in [4.69, 9.17) is 19.9 Å². The van der Waals surface area contributed by atoms with E-state index in [1.54, 1.807) is 6.92 Å². The van der Waals surface area contributed by atoms with Crippen LogP contribution in [0.2, 0.25) is 0 Å². The van der Waals surface area contributed by atoms with Gasteiger partial charge in [-0.1, -0.05) is 10.3 Å². The zero-order valence-corrected chi connectivity index (χ0v) is 15.8. The van der Waals surface area contributed by atoms with E-state index in [1.807, 2.05) is 0 Å².